The second-order valence-corrected chi connectivity index (χ2v) is 4.42. The quantitative estimate of drug-likeness (QED) is 0.566. The summed E-state index contributed by atoms with van der Waals surface area (Å²) in [6.45, 7) is 5.67. The second kappa shape index (κ2) is 5.77. The van der Waals surface area contributed by atoms with E-state index < -0.39 is 29.3 Å². The van der Waals surface area contributed by atoms with Crippen molar-refractivity contribution in [2.45, 2.75) is 39.3 Å². The zero-order valence-electron chi connectivity index (χ0n) is 10.6. The van der Waals surface area contributed by atoms with Crippen molar-refractivity contribution < 1.29 is 23.8 Å². The van der Waals surface area contributed by atoms with E-state index in [-0.39, 0.29) is 5.57 Å². The number of carbonyl (C=O) groups excluding carboxylic acids is 2. The monoisotopic (exact) mass is 247 g/mol. The number of allylic oxidation sites excluding steroid dienone is 1. The number of aliphatic hydroxyl groups excluding tert-OH is 1. The predicted octanol–water partition coefficient (Wildman–Crippen LogP) is 0.678. The SMILES string of the molecule is COC(=O)[C@@H](O)C(C)(C)NC(=O)C(F)=C(C)C. The van der Waals surface area contributed by atoms with Crippen LogP contribution >= 0.6 is 0 Å². The van der Waals surface area contributed by atoms with Gasteiger partial charge in [0.05, 0.1) is 12.6 Å². The summed E-state index contributed by atoms with van der Waals surface area (Å²) in [5.74, 6) is -2.80. The van der Waals surface area contributed by atoms with Crippen LogP contribution in [0.2, 0.25) is 0 Å². The molecule has 2 N–H and O–H groups in total. The smallest absolute Gasteiger partial charge is 0.337 e. The van der Waals surface area contributed by atoms with E-state index in [1.807, 2.05) is 0 Å². The van der Waals surface area contributed by atoms with Crippen molar-refractivity contribution in [1.82, 2.24) is 5.32 Å². The molecular weight excluding hydrogens is 229 g/mol. The van der Waals surface area contributed by atoms with E-state index in [9.17, 15) is 19.1 Å². The molecule has 0 aliphatic heterocycles. The number of esters is 1. The van der Waals surface area contributed by atoms with Crippen molar-refractivity contribution in [3.05, 3.63) is 11.4 Å². The summed E-state index contributed by atoms with van der Waals surface area (Å²) in [6.07, 6.45) is -1.57. The van der Waals surface area contributed by atoms with Gasteiger partial charge in [-0.2, -0.15) is 0 Å². The van der Waals surface area contributed by atoms with E-state index >= 15 is 0 Å². The fourth-order valence-electron chi connectivity index (χ4n) is 1.05. The molecule has 0 aliphatic carbocycles. The zero-order chi connectivity index (χ0) is 13.8. The highest BCUT2D eigenvalue weighted by Crippen LogP contribution is 2.13. The van der Waals surface area contributed by atoms with E-state index in [1.165, 1.54) is 27.7 Å². The van der Waals surface area contributed by atoms with Gasteiger partial charge in [0.25, 0.3) is 5.91 Å². The molecule has 6 heteroatoms. The largest absolute Gasteiger partial charge is 0.467 e. The van der Waals surface area contributed by atoms with E-state index in [1.54, 1.807) is 0 Å². The molecule has 17 heavy (non-hydrogen) atoms. The molecule has 0 unspecified atom stereocenters. The van der Waals surface area contributed by atoms with Gasteiger partial charge in [-0.1, -0.05) is 0 Å². The Hall–Kier alpha value is -1.43. The van der Waals surface area contributed by atoms with Crippen LogP contribution in [0.25, 0.3) is 0 Å². The molecule has 0 aromatic rings. The van der Waals surface area contributed by atoms with Gasteiger partial charge in [0.15, 0.2) is 11.9 Å². The Labute approximate surface area is 99.6 Å². The van der Waals surface area contributed by atoms with Gasteiger partial charge in [-0.15, -0.1) is 0 Å². The third-order valence-electron chi connectivity index (χ3n) is 2.18. The molecule has 1 atom stereocenters. The summed E-state index contributed by atoms with van der Waals surface area (Å²) in [5.41, 5.74) is -1.11. The van der Waals surface area contributed by atoms with Crippen molar-refractivity contribution in [3.8, 4) is 0 Å². The maximum atomic E-state index is 13.3. The topological polar surface area (TPSA) is 75.6 Å². The number of halogens is 1. The first-order valence-electron chi connectivity index (χ1n) is 5.05. The molecule has 0 heterocycles. The summed E-state index contributed by atoms with van der Waals surface area (Å²) < 4.78 is 17.6. The lowest BCUT2D eigenvalue weighted by atomic mass is 9.97. The third kappa shape index (κ3) is 4.14. The normalized spacial score (nSPS) is 12.6. The molecule has 0 saturated carbocycles. The molecule has 0 aromatic carbocycles. The molecule has 0 bridgehead atoms. The first-order chi connectivity index (χ1) is 7.63. The summed E-state index contributed by atoms with van der Waals surface area (Å²) >= 11 is 0. The number of nitrogens with one attached hydrogen (secondary N) is 1. The third-order valence-corrected chi connectivity index (χ3v) is 2.18. The van der Waals surface area contributed by atoms with Crippen molar-refractivity contribution in [2.75, 3.05) is 7.11 Å². The van der Waals surface area contributed by atoms with Crippen molar-refractivity contribution in [1.29, 1.82) is 0 Å². The van der Waals surface area contributed by atoms with Gasteiger partial charge in [0.1, 0.15) is 0 Å². The lowest BCUT2D eigenvalue weighted by molar-refractivity contribution is -0.154. The van der Waals surface area contributed by atoms with E-state index in [0.717, 1.165) is 7.11 Å². The molecule has 0 fully saturated rings. The standard InChI is InChI=1S/C11H18FNO4/c1-6(2)7(12)9(15)13-11(3,4)8(14)10(16)17-5/h8,14H,1-5H3,(H,13,15)/t8-/m1/s1. The molecule has 0 spiro atoms. The predicted molar refractivity (Wildman–Crippen MR) is 59.7 cm³/mol. The number of ether oxygens (including phenoxy) is 1. The molecule has 0 aromatic heterocycles. The van der Waals surface area contributed by atoms with Gasteiger partial charge in [-0.05, 0) is 33.3 Å². The molecule has 0 aliphatic rings. The Morgan fingerprint density at radius 1 is 1.35 bits per heavy atom. The Morgan fingerprint density at radius 3 is 2.18 bits per heavy atom. The van der Waals surface area contributed by atoms with Crippen LogP contribution in [-0.2, 0) is 14.3 Å². The van der Waals surface area contributed by atoms with Crippen LogP contribution < -0.4 is 5.32 Å². The van der Waals surface area contributed by atoms with Crippen LogP contribution in [0.3, 0.4) is 0 Å². The fraction of sp³-hybridized carbons (Fsp3) is 0.636. The Morgan fingerprint density at radius 2 is 1.82 bits per heavy atom. The number of hydrogen-bond acceptors (Lipinski definition) is 4. The van der Waals surface area contributed by atoms with Crippen LogP contribution in [0, 0.1) is 0 Å². The van der Waals surface area contributed by atoms with Crippen LogP contribution in [0.4, 0.5) is 4.39 Å². The number of methoxy groups -OCH3 is 1. The highest BCUT2D eigenvalue weighted by atomic mass is 19.1. The minimum absolute atomic E-state index is 0.214. The lowest BCUT2D eigenvalue weighted by Gasteiger charge is -2.29. The van der Waals surface area contributed by atoms with E-state index in [4.69, 9.17) is 0 Å². The molecule has 5 nitrogen and oxygen atoms in total. The average molecular weight is 247 g/mol. The Kier molecular flexibility index (Phi) is 5.28. The fourth-order valence-corrected chi connectivity index (χ4v) is 1.05. The van der Waals surface area contributed by atoms with Gasteiger partial charge < -0.3 is 15.2 Å². The molecule has 98 valence electrons. The summed E-state index contributed by atoms with van der Waals surface area (Å²) in [5, 5.41) is 11.8. The first-order valence-corrected chi connectivity index (χ1v) is 5.05. The van der Waals surface area contributed by atoms with Crippen LogP contribution in [0.1, 0.15) is 27.7 Å². The molecular formula is C11H18FNO4. The Bertz CT molecular complexity index is 345. The molecule has 1 amide bonds. The van der Waals surface area contributed by atoms with Crippen molar-refractivity contribution in [2.24, 2.45) is 0 Å². The molecule has 0 saturated heterocycles. The van der Waals surface area contributed by atoms with E-state index in [2.05, 4.69) is 10.1 Å². The maximum absolute atomic E-state index is 13.3. The minimum atomic E-state index is -1.57. The summed E-state index contributed by atoms with van der Waals surface area (Å²) in [4.78, 5) is 22.5. The Balaban J connectivity index is 4.83. The van der Waals surface area contributed by atoms with Gasteiger partial charge in [0, 0.05) is 0 Å². The highest BCUT2D eigenvalue weighted by Gasteiger charge is 2.36. The maximum Gasteiger partial charge on any atom is 0.337 e. The number of rotatable bonds is 4. The van der Waals surface area contributed by atoms with Crippen molar-refractivity contribution in [3.63, 3.8) is 0 Å². The highest BCUT2D eigenvalue weighted by molar-refractivity contribution is 5.93. The van der Waals surface area contributed by atoms with Crippen LogP contribution in [-0.4, -0.2) is 35.7 Å². The summed E-state index contributed by atoms with van der Waals surface area (Å²) in [7, 11) is 1.11. The zero-order valence-corrected chi connectivity index (χ0v) is 10.6. The minimum Gasteiger partial charge on any atom is -0.467 e. The van der Waals surface area contributed by atoms with E-state index in [0.29, 0.717) is 0 Å². The second-order valence-electron chi connectivity index (χ2n) is 4.42. The summed E-state index contributed by atoms with van der Waals surface area (Å²) in [6, 6.07) is 0. The van der Waals surface area contributed by atoms with Crippen LogP contribution in [0.5, 0.6) is 0 Å². The van der Waals surface area contributed by atoms with Crippen LogP contribution in [0.15, 0.2) is 11.4 Å². The van der Waals surface area contributed by atoms with Crippen molar-refractivity contribution >= 4 is 11.9 Å². The number of hydrogen-bond donors (Lipinski definition) is 2. The van der Waals surface area contributed by atoms with Gasteiger partial charge in [-0.25, -0.2) is 9.18 Å². The number of amides is 1. The average Bonchev–Trinajstić information content (AvgIpc) is 2.24. The molecule has 0 radical (unpaired) electrons. The first kappa shape index (κ1) is 15.6. The molecule has 0 rings (SSSR count). The lowest BCUT2D eigenvalue weighted by Crippen LogP contribution is -2.55. The van der Waals surface area contributed by atoms with Gasteiger partial charge in [-0.3, -0.25) is 4.79 Å². The number of carbonyl (C=O) groups is 2. The van der Waals surface area contributed by atoms with Gasteiger partial charge in [0.2, 0.25) is 0 Å². The van der Waals surface area contributed by atoms with Gasteiger partial charge >= 0.3 is 5.97 Å². The number of aliphatic hydroxyl groups is 1.